The van der Waals surface area contributed by atoms with Crippen LogP contribution in [0.25, 0.3) is 0 Å². The van der Waals surface area contributed by atoms with E-state index in [1.807, 2.05) is 27.7 Å². The molecule has 1 heterocycles. The number of allylic oxidation sites excluding steroid dienone is 1. The summed E-state index contributed by atoms with van der Waals surface area (Å²) in [5.41, 5.74) is -0.116. The number of halogens is 1. The second kappa shape index (κ2) is 6.41. The molecule has 120 valence electrons. The van der Waals surface area contributed by atoms with Gasteiger partial charge in [-0.05, 0) is 64.9 Å². The fourth-order valence-electron chi connectivity index (χ4n) is 3.27. The van der Waals surface area contributed by atoms with Crippen molar-refractivity contribution in [2.75, 3.05) is 0 Å². The highest BCUT2D eigenvalue weighted by Crippen LogP contribution is 2.42. The Morgan fingerprint density at radius 1 is 1.19 bits per heavy atom. The molecule has 0 amide bonds. The van der Waals surface area contributed by atoms with Crippen LogP contribution in [0.1, 0.15) is 79.6 Å². The zero-order valence-electron chi connectivity index (χ0n) is 14.3. The molecular weight excluding hydrogens is 266 g/mol. The third-order valence-corrected chi connectivity index (χ3v) is 5.41. The predicted molar refractivity (Wildman–Crippen MR) is 85.7 cm³/mol. The topological polar surface area (TPSA) is 18.5 Å². The van der Waals surface area contributed by atoms with E-state index in [0.717, 1.165) is 31.3 Å². The Bertz CT molecular complexity index is 388. The highest BCUT2D eigenvalue weighted by molar-refractivity contribution is 6.53. The minimum Gasteiger partial charge on any atom is -0.398 e. The van der Waals surface area contributed by atoms with Crippen LogP contribution < -0.4 is 0 Å². The first-order valence-electron chi connectivity index (χ1n) is 8.52. The van der Waals surface area contributed by atoms with E-state index in [0.29, 0.717) is 5.92 Å². The Hall–Kier alpha value is -0.345. The van der Waals surface area contributed by atoms with Gasteiger partial charge in [0, 0.05) is 0 Å². The molecular formula is C17H30BFO2. The monoisotopic (exact) mass is 296 g/mol. The molecule has 2 aliphatic rings. The van der Waals surface area contributed by atoms with Crippen molar-refractivity contribution in [1.82, 2.24) is 0 Å². The highest BCUT2D eigenvalue weighted by Gasteiger charge is 2.53. The predicted octanol–water partition coefficient (Wildman–Crippen LogP) is 5.22. The van der Waals surface area contributed by atoms with Crippen LogP contribution in [0, 0.1) is 5.92 Å². The first kappa shape index (κ1) is 17.0. The van der Waals surface area contributed by atoms with Crippen molar-refractivity contribution >= 4 is 7.12 Å². The number of unbranched alkanes of at least 4 members (excludes halogenated alkanes) is 1. The van der Waals surface area contributed by atoms with Crippen LogP contribution in [-0.2, 0) is 9.31 Å². The summed E-state index contributed by atoms with van der Waals surface area (Å²) < 4.78 is 26.7. The maximum atomic E-state index is 15.0. The lowest BCUT2D eigenvalue weighted by Gasteiger charge is -2.32. The van der Waals surface area contributed by atoms with Crippen LogP contribution in [0.2, 0.25) is 0 Å². The molecule has 1 aliphatic heterocycles. The fourth-order valence-corrected chi connectivity index (χ4v) is 3.27. The maximum Gasteiger partial charge on any atom is 0.525 e. The van der Waals surface area contributed by atoms with E-state index in [2.05, 4.69) is 6.92 Å². The zero-order valence-corrected chi connectivity index (χ0v) is 14.3. The van der Waals surface area contributed by atoms with Crippen molar-refractivity contribution in [3.8, 4) is 0 Å². The van der Waals surface area contributed by atoms with Crippen molar-refractivity contribution in [2.45, 2.75) is 90.8 Å². The largest absolute Gasteiger partial charge is 0.525 e. The summed E-state index contributed by atoms with van der Waals surface area (Å²) >= 11 is 0. The third-order valence-electron chi connectivity index (χ3n) is 5.41. The van der Waals surface area contributed by atoms with Crippen LogP contribution in [0.15, 0.2) is 11.3 Å². The standard InChI is InChI=1S/C17H30BFO2/c1-6-7-10-13-11-8-9-12-14(13)15(19)18-20-16(2,3)17(4,5)21-18/h13H,6-12H2,1-5H3. The van der Waals surface area contributed by atoms with Gasteiger partial charge in [0.2, 0.25) is 0 Å². The molecule has 0 N–H and O–H groups in total. The van der Waals surface area contributed by atoms with Gasteiger partial charge in [-0.25, -0.2) is 4.39 Å². The van der Waals surface area contributed by atoms with E-state index in [1.54, 1.807) is 0 Å². The van der Waals surface area contributed by atoms with E-state index in [1.165, 1.54) is 19.3 Å². The summed E-state index contributed by atoms with van der Waals surface area (Å²) in [7, 11) is -0.813. The minimum absolute atomic E-state index is 0.144. The lowest BCUT2D eigenvalue weighted by molar-refractivity contribution is 0.00578. The fraction of sp³-hybridized carbons (Fsp3) is 0.882. The normalized spacial score (nSPS) is 30.6. The van der Waals surface area contributed by atoms with Gasteiger partial charge in [-0.1, -0.05) is 26.2 Å². The molecule has 0 spiro atoms. The van der Waals surface area contributed by atoms with Gasteiger partial charge in [0.15, 0.2) is 0 Å². The summed E-state index contributed by atoms with van der Waals surface area (Å²) in [5.74, 6) is 0.387. The van der Waals surface area contributed by atoms with E-state index in [4.69, 9.17) is 9.31 Å². The van der Waals surface area contributed by atoms with Gasteiger partial charge >= 0.3 is 7.12 Å². The SMILES string of the molecule is CCCCC1CCCCC1=C(F)B1OC(C)(C)C(C)(C)O1. The average Bonchev–Trinajstić information content (AvgIpc) is 2.65. The average molecular weight is 296 g/mol. The van der Waals surface area contributed by atoms with Gasteiger partial charge in [-0.15, -0.1) is 0 Å². The van der Waals surface area contributed by atoms with Crippen molar-refractivity contribution < 1.29 is 13.7 Å². The highest BCUT2D eigenvalue weighted by atomic mass is 19.1. The summed E-state index contributed by atoms with van der Waals surface area (Å²) in [6.45, 7) is 10.1. The second-order valence-corrected chi connectivity index (χ2v) is 7.55. The summed E-state index contributed by atoms with van der Waals surface area (Å²) in [6, 6.07) is 0. The van der Waals surface area contributed by atoms with Gasteiger partial charge in [0.1, 0.15) is 5.73 Å². The molecule has 1 unspecified atom stereocenters. The molecule has 0 aromatic heterocycles. The molecule has 2 nitrogen and oxygen atoms in total. The lowest BCUT2D eigenvalue weighted by atomic mass is 9.74. The molecule has 1 aliphatic carbocycles. The summed E-state index contributed by atoms with van der Waals surface area (Å²) in [5, 5.41) is 0. The molecule has 0 bridgehead atoms. The molecule has 21 heavy (non-hydrogen) atoms. The van der Waals surface area contributed by atoms with Gasteiger partial charge in [-0.2, -0.15) is 0 Å². The molecule has 2 fully saturated rings. The molecule has 2 rings (SSSR count). The molecule has 1 saturated heterocycles. The van der Waals surface area contributed by atoms with Gasteiger partial charge in [0.25, 0.3) is 0 Å². The van der Waals surface area contributed by atoms with Crippen LogP contribution in [0.3, 0.4) is 0 Å². The Labute approximate surface area is 129 Å². The molecule has 0 aromatic carbocycles. The van der Waals surface area contributed by atoms with Crippen molar-refractivity contribution in [2.24, 2.45) is 5.92 Å². The van der Waals surface area contributed by atoms with Crippen LogP contribution in [0.4, 0.5) is 4.39 Å². The van der Waals surface area contributed by atoms with Crippen LogP contribution >= 0.6 is 0 Å². The van der Waals surface area contributed by atoms with E-state index >= 15 is 0 Å². The first-order valence-corrected chi connectivity index (χ1v) is 8.52. The second-order valence-electron chi connectivity index (χ2n) is 7.55. The maximum absolute atomic E-state index is 15.0. The Balaban J connectivity index is 2.17. The van der Waals surface area contributed by atoms with Crippen molar-refractivity contribution in [3.05, 3.63) is 11.3 Å². The zero-order chi connectivity index (χ0) is 15.7. The van der Waals surface area contributed by atoms with Crippen molar-refractivity contribution in [1.29, 1.82) is 0 Å². The molecule has 1 saturated carbocycles. The van der Waals surface area contributed by atoms with Crippen LogP contribution in [0.5, 0.6) is 0 Å². The molecule has 1 atom stereocenters. The van der Waals surface area contributed by atoms with Crippen LogP contribution in [-0.4, -0.2) is 18.3 Å². The van der Waals surface area contributed by atoms with E-state index in [-0.39, 0.29) is 5.73 Å². The minimum atomic E-state index is -0.813. The third kappa shape index (κ3) is 3.53. The summed E-state index contributed by atoms with van der Waals surface area (Å²) in [4.78, 5) is 0. The first-order chi connectivity index (χ1) is 9.78. The summed E-state index contributed by atoms with van der Waals surface area (Å²) in [6.07, 6.45) is 7.72. The van der Waals surface area contributed by atoms with E-state index < -0.39 is 18.3 Å². The Morgan fingerprint density at radius 3 is 2.38 bits per heavy atom. The Morgan fingerprint density at radius 2 is 1.81 bits per heavy atom. The quantitative estimate of drug-likeness (QED) is 0.662. The number of hydrogen-bond acceptors (Lipinski definition) is 2. The molecule has 0 aromatic rings. The number of rotatable bonds is 4. The lowest BCUT2D eigenvalue weighted by Crippen LogP contribution is -2.41. The Kier molecular flexibility index (Phi) is 5.20. The smallest absolute Gasteiger partial charge is 0.398 e. The van der Waals surface area contributed by atoms with E-state index in [9.17, 15) is 4.39 Å². The molecule has 4 heteroatoms. The van der Waals surface area contributed by atoms with Gasteiger partial charge in [-0.3, -0.25) is 0 Å². The number of hydrogen-bond donors (Lipinski definition) is 0. The van der Waals surface area contributed by atoms with Gasteiger partial charge < -0.3 is 9.31 Å². The van der Waals surface area contributed by atoms with Gasteiger partial charge in [0.05, 0.1) is 11.2 Å². The molecule has 0 radical (unpaired) electrons. The van der Waals surface area contributed by atoms with Crippen molar-refractivity contribution in [3.63, 3.8) is 0 Å².